The van der Waals surface area contributed by atoms with Gasteiger partial charge in [0.05, 0.1) is 6.20 Å². The third kappa shape index (κ3) is 2.56. The molecule has 1 aliphatic heterocycles. The van der Waals surface area contributed by atoms with Gasteiger partial charge in [-0.15, -0.1) is 0 Å². The van der Waals surface area contributed by atoms with E-state index in [0.29, 0.717) is 18.1 Å². The monoisotopic (exact) mass is 262 g/mol. The van der Waals surface area contributed by atoms with Gasteiger partial charge in [-0.3, -0.25) is 4.68 Å². The van der Waals surface area contributed by atoms with Crippen molar-refractivity contribution in [3.8, 4) is 0 Å². The second kappa shape index (κ2) is 5.25. The van der Waals surface area contributed by atoms with E-state index in [1.807, 2.05) is 0 Å². The minimum atomic E-state index is 0.526. The lowest BCUT2D eigenvalue weighted by atomic mass is 9.90. The largest absolute Gasteiger partial charge is 0.307 e. The molecule has 0 bridgehead atoms. The number of aromatic nitrogens is 2. The zero-order chi connectivity index (χ0) is 13.4. The number of nitrogens with zero attached hydrogens (tertiary/aromatic N) is 3. The Bertz CT molecular complexity index is 439. The normalized spacial score (nSPS) is 32.3. The van der Waals surface area contributed by atoms with Crippen LogP contribution >= 0.6 is 0 Å². The van der Waals surface area contributed by atoms with Crippen molar-refractivity contribution in [1.29, 1.82) is 0 Å². The number of rotatable bonds is 2. The molecule has 3 rings (SSSR count). The molecule has 4 heteroatoms. The summed E-state index contributed by atoms with van der Waals surface area (Å²) in [5, 5.41) is 8.34. The van der Waals surface area contributed by atoms with Crippen LogP contribution in [0.3, 0.4) is 0 Å². The quantitative estimate of drug-likeness (QED) is 0.883. The average Bonchev–Trinajstić information content (AvgIpc) is 2.77. The zero-order valence-electron chi connectivity index (χ0n) is 12.4. The highest BCUT2D eigenvalue weighted by molar-refractivity contribution is 5.24. The fourth-order valence-electron chi connectivity index (χ4n) is 3.60. The Labute approximate surface area is 116 Å². The topological polar surface area (TPSA) is 33.1 Å². The van der Waals surface area contributed by atoms with Crippen LogP contribution in [0.4, 0.5) is 0 Å². The van der Waals surface area contributed by atoms with Crippen LogP contribution in [0.25, 0.3) is 0 Å². The lowest BCUT2D eigenvalue weighted by molar-refractivity contribution is 0.160. The van der Waals surface area contributed by atoms with Crippen LogP contribution in [-0.4, -0.2) is 40.4 Å². The maximum absolute atomic E-state index is 4.44. The van der Waals surface area contributed by atoms with E-state index in [1.54, 1.807) is 0 Å². The first-order valence-corrected chi connectivity index (χ1v) is 7.62. The Kier molecular flexibility index (Phi) is 3.63. The van der Waals surface area contributed by atoms with Crippen LogP contribution in [0.1, 0.15) is 49.9 Å². The number of fused-ring (bicyclic) bond motifs is 1. The fourth-order valence-corrected chi connectivity index (χ4v) is 3.60. The summed E-state index contributed by atoms with van der Waals surface area (Å²) in [7, 11) is 4.31. The van der Waals surface area contributed by atoms with E-state index in [4.69, 9.17) is 0 Å². The van der Waals surface area contributed by atoms with Crippen molar-refractivity contribution >= 4 is 0 Å². The van der Waals surface area contributed by atoms with Crippen molar-refractivity contribution in [3.63, 3.8) is 0 Å². The summed E-state index contributed by atoms with van der Waals surface area (Å²) in [6.45, 7) is 3.55. The first-order valence-electron chi connectivity index (χ1n) is 7.62. The van der Waals surface area contributed by atoms with E-state index in [9.17, 15) is 0 Å². The predicted octanol–water partition coefficient (Wildman–Crippen LogP) is 1.87. The second-order valence-corrected chi connectivity index (χ2v) is 6.33. The SMILES string of the molecule is CC1CC(NC2CCCc3c2cnn3C)CCN1C. The number of hydrogen-bond acceptors (Lipinski definition) is 3. The van der Waals surface area contributed by atoms with Gasteiger partial charge in [-0.1, -0.05) is 0 Å². The summed E-state index contributed by atoms with van der Waals surface area (Å²) in [5.74, 6) is 0. The minimum Gasteiger partial charge on any atom is -0.307 e. The summed E-state index contributed by atoms with van der Waals surface area (Å²) in [5.41, 5.74) is 2.88. The summed E-state index contributed by atoms with van der Waals surface area (Å²) < 4.78 is 2.06. The summed E-state index contributed by atoms with van der Waals surface area (Å²) in [6.07, 6.45) is 8.35. The van der Waals surface area contributed by atoms with Gasteiger partial charge in [0.15, 0.2) is 0 Å². The number of hydrogen-bond donors (Lipinski definition) is 1. The molecule has 1 aromatic heterocycles. The van der Waals surface area contributed by atoms with Crippen molar-refractivity contribution in [3.05, 3.63) is 17.5 Å². The van der Waals surface area contributed by atoms with E-state index in [1.165, 1.54) is 49.9 Å². The van der Waals surface area contributed by atoms with Gasteiger partial charge in [-0.05, 0) is 52.6 Å². The summed E-state index contributed by atoms with van der Waals surface area (Å²) >= 11 is 0. The van der Waals surface area contributed by atoms with Gasteiger partial charge >= 0.3 is 0 Å². The van der Waals surface area contributed by atoms with E-state index < -0.39 is 0 Å². The van der Waals surface area contributed by atoms with Crippen molar-refractivity contribution in [2.24, 2.45) is 7.05 Å². The molecule has 2 aliphatic rings. The van der Waals surface area contributed by atoms with Gasteiger partial charge in [0.1, 0.15) is 0 Å². The lowest BCUT2D eigenvalue weighted by Gasteiger charge is -2.38. The van der Waals surface area contributed by atoms with Crippen molar-refractivity contribution < 1.29 is 0 Å². The predicted molar refractivity (Wildman–Crippen MR) is 77.1 cm³/mol. The molecule has 1 saturated heterocycles. The first-order chi connectivity index (χ1) is 9.15. The molecule has 1 aliphatic carbocycles. The van der Waals surface area contributed by atoms with Crippen LogP contribution in [0.5, 0.6) is 0 Å². The number of nitrogens with one attached hydrogen (secondary N) is 1. The Hall–Kier alpha value is -0.870. The highest BCUT2D eigenvalue weighted by Crippen LogP contribution is 2.30. The van der Waals surface area contributed by atoms with Gasteiger partial charge in [0, 0.05) is 36.4 Å². The Balaban J connectivity index is 1.68. The molecule has 0 spiro atoms. The lowest BCUT2D eigenvalue weighted by Crippen LogP contribution is -2.46. The molecule has 0 aromatic carbocycles. The minimum absolute atomic E-state index is 0.526. The Morgan fingerprint density at radius 1 is 1.32 bits per heavy atom. The molecule has 1 fully saturated rings. The molecular weight excluding hydrogens is 236 g/mol. The zero-order valence-corrected chi connectivity index (χ0v) is 12.4. The number of aryl methyl sites for hydroxylation is 1. The molecule has 0 radical (unpaired) electrons. The van der Waals surface area contributed by atoms with E-state index in [-0.39, 0.29) is 0 Å². The van der Waals surface area contributed by atoms with Gasteiger partial charge in [0.2, 0.25) is 0 Å². The number of likely N-dealkylation sites (tertiary alicyclic amines) is 1. The second-order valence-electron chi connectivity index (χ2n) is 6.33. The van der Waals surface area contributed by atoms with Gasteiger partial charge in [-0.25, -0.2) is 0 Å². The molecule has 1 N–H and O–H groups in total. The van der Waals surface area contributed by atoms with Crippen LogP contribution in [0.15, 0.2) is 6.20 Å². The smallest absolute Gasteiger partial charge is 0.0540 e. The van der Waals surface area contributed by atoms with Gasteiger partial charge in [-0.2, -0.15) is 5.10 Å². The van der Waals surface area contributed by atoms with Crippen LogP contribution in [-0.2, 0) is 13.5 Å². The van der Waals surface area contributed by atoms with Crippen molar-refractivity contribution in [2.75, 3.05) is 13.6 Å². The highest BCUT2D eigenvalue weighted by atomic mass is 15.3. The van der Waals surface area contributed by atoms with Gasteiger partial charge in [0.25, 0.3) is 0 Å². The molecule has 3 unspecified atom stereocenters. The maximum Gasteiger partial charge on any atom is 0.0540 e. The molecule has 2 heterocycles. The number of piperidine rings is 1. The molecule has 4 nitrogen and oxygen atoms in total. The van der Waals surface area contributed by atoms with Crippen molar-refractivity contribution in [2.45, 2.75) is 57.2 Å². The Morgan fingerprint density at radius 2 is 2.16 bits per heavy atom. The third-order valence-electron chi connectivity index (χ3n) is 5.02. The van der Waals surface area contributed by atoms with Crippen LogP contribution < -0.4 is 5.32 Å². The third-order valence-corrected chi connectivity index (χ3v) is 5.02. The maximum atomic E-state index is 4.44. The van der Waals surface area contributed by atoms with Crippen LogP contribution in [0, 0.1) is 0 Å². The fraction of sp³-hybridized carbons (Fsp3) is 0.800. The van der Waals surface area contributed by atoms with Crippen molar-refractivity contribution in [1.82, 2.24) is 20.0 Å². The first kappa shape index (κ1) is 13.1. The van der Waals surface area contributed by atoms with E-state index in [0.717, 1.165) is 0 Å². The Morgan fingerprint density at radius 3 is 2.95 bits per heavy atom. The molecule has 1 aromatic rings. The summed E-state index contributed by atoms with van der Waals surface area (Å²) in [4.78, 5) is 2.47. The molecule has 106 valence electrons. The molecule has 3 atom stereocenters. The van der Waals surface area contributed by atoms with E-state index >= 15 is 0 Å². The molecular formula is C15H26N4. The van der Waals surface area contributed by atoms with Crippen LogP contribution in [0.2, 0.25) is 0 Å². The summed E-state index contributed by atoms with van der Waals surface area (Å²) in [6, 6.07) is 1.89. The van der Waals surface area contributed by atoms with E-state index in [2.05, 4.69) is 47.2 Å². The average molecular weight is 262 g/mol. The molecule has 0 saturated carbocycles. The van der Waals surface area contributed by atoms with Gasteiger partial charge < -0.3 is 10.2 Å². The molecule has 0 amide bonds. The molecule has 19 heavy (non-hydrogen) atoms. The highest BCUT2D eigenvalue weighted by Gasteiger charge is 2.28. The standard InChI is InChI=1S/C15H26N4/c1-11-9-12(7-8-18(11)2)17-14-5-4-6-15-13(14)10-16-19(15)3/h10-12,14,17H,4-9H2,1-3H3.